The Labute approximate surface area is 124 Å². The molecule has 1 N–H and O–H groups in total. The molecule has 20 heavy (non-hydrogen) atoms. The zero-order valence-corrected chi connectivity index (χ0v) is 13.4. The Hall–Kier alpha value is -0.120. The van der Waals surface area contributed by atoms with Crippen molar-refractivity contribution in [3.8, 4) is 0 Å². The summed E-state index contributed by atoms with van der Waals surface area (Å²) in [5, 5.41) is 3.90. The van der Waals surface area contributed by atoms with Gasteiger partial charge in [-0.15, -0.1) is 0 Å². The summed E-state index contributed by atoms with van der Waals surface area (Å²) in [7, 11) is 0. The summed E-state index contributed by atoms with van der Waals surface area (Å²) in [5.41, 5.74) is 0.445. The first-order chi connectivity index (χ1) is 9.75. The molecule has 1 aliphatic carbocycles. The number of nitrogens with zero attached hydrogens (tertiary/aromatic N) is 1. The van der Waals surface area contributed by atoms with Crippen LogP contribution in [0.3, 0.4) is 0 Å². The van der Waals surface area contributed by atoms with E-state index in [-0.39, 0.29) is 0 Å². The minimum Gasteiger partial charge on any atom is -0.380 e. The molecule has 0 bridgehead atoms. The molecule has 3 fully saturated rings. The molecule has 0 aromatic rings. The minimum atomic E-state index is 0.445. The van der Waals surface area contributed by atoms with Gasteiger partial charge in [0.1, 0.15) is 0 Å². The average molecular weight is 280 g/mol. The summed E-state index contributed by atoms with van der Waals surface area (Å²) in [4.78, 5) is 2.88. The smallest absolute Gasteiger partial charge is 0.0622 e. The second-order valence-electron chi connectivity index (χ2n) is 7.33. The van der Waals surface area contributed by atoms with E-state index in [1.54, 1.807) is 0 Å². The van der Waals surface area contributed by atoms with Gasteiger partial charge < -0.3 is 10.1 Å². The highest BCUT2D eigenvalue weighted by Crippen LogP contribution is 2.38. The van der Waals surface area contributed by atoms with Crippen LogP contribution in [0.5, 0.6) is 0 Å². The monoisotopic (exact) mass is 280 g/mol. The fraction of sp³-hybridized carbons (Fsp3) is 1.00. The van der Waals surface area contributed by atoms with Crippen molar-refractivity contribution < 1.29 is 4.74 Å². The highest BCUT2D eigenvalue weighted by molar-refractivity contribution is 5.03. The minimum absolute atomic E-state index is 0.445. The van der Waals surface area contributed by atoms with Crippen molar-refractivity contribution in [1.82, 2.24) is 10.2 Å². The normalized spacial score (nSPS) is 36.3. The maximum atomic E-state index is 5.70. The van der Waals surface area contributed by atoms with Crippen LogP contribution in [-0.2, 0) is 4.74 Å². The maximum Gasteiger partial charge on any atom is 0.0622 e. The molecule has 2 aliphatic heterocycles. The molecule has 1 spiro atoms. The van der Waals surface area contributed by atoms with Crippen molar-refractivity contribution in [2.75, 3.05) is 26.3 Å². The number of rotatable bonds is 3. The molecule has 3 atom stereocenters. The van der Waals surface area contributed by atoms with Crippen LogP contribution in [0, 0.1) is 5.92 Å². The quantitative estimate of drug-likeness (QED) is 0.860. The topological polar surface area (TPSA) is 24.5 Å². The van der Waals surface area contributed by atoms with Crippen molar-refractivity contribution in [2.45, 2.75) is 76.4 Å². The molecule has 2 saturated heterocycles. The van der Waals surface area contributed by atoms with Gasteiger partial charge in [0.2, 0.25) is 0 Å². The molecule has 116 valence electrons. The third kappa shape index (κ3) is 2.77. The zero-order chi connectivity index (χ0) is 14.0. The molecular formula is C17H32N2O. The first-order valence-corrected chi connectivity index (χ1v) is 8.83. The Kier molecular flexibility index (Phi) is 4.68. The molecule has 0 amide bonds. The Morgan fingerprint density at radius 1 is 1.30 bits per heavy atom. The number of piperazine rings is 1. The zero-order valence-electron chi connectivity index (χ0n) is 13.4. The number of hydrogen-bond donors (Lipinski definition) is 1. The lowest BCUT2D eigenvalue weighted by atomic mass is 9.76. The van der Waals surface area contributed by atoms with Crippen molar-refractivity contribution in [3.63, 3.8) is 0 Å². The van der Waals surface area contributed by atoms with Gasteiger partial charge in [0.25, 0.3) is 0 Å². The summed E-state index contributed by atoms with van der Waals surface area (Å²) in [6.45, 7) is 9.11. The summed E-state index contributed by atoms with van der Waals surface area (Å²) in [6.07, 6.45) is 9.58. The second-order valence-corrected chi connectivity index (χ2v) is 7.33. The van der Waals surface area contributed by atoms with Crippen LogP contribution in [0.1, 0.15) is 58.8 Å². The number of ether oxygens (including phenoxy) is 1. The van der Waals surface area contributed by atoms with Gasteiger partial charge in [0.05, 0.1) is 6.61 Å². The van der Waals surface area contributed by atoms with Crippen LogP contribution >= 0.6 is 0 Å². The molecule has 3 aliphatic rings. The standard InChI is InChI=1S/C17H32N2O/c1-3-14(2)16-11-19(15-7-10-20-12-15)17(13-18-16)8-5-4-6-9-17/h14-16,18H,3-13H2,1-2H3. The molecule has 3 heteroatoms. The van der Waals surface area contributed by atoms with Gasteiger partial charge >= 0.3 is 0 Å². The summed E-state index contributed by atoms with van der Waals surface area (Å²) in [5.74, 6) is 0.778. The predicted octanol–water partition coefficient (Wildman–Crippen LogP) is 2.80. The van der Waals surface area contributed by atoms with Crippen LogP contribution in [0.15, 0.2) is 0 Å². The van der Waals surface area contributed by atoms with E-state index in [0.717, 1.165) is 19.1 Å². The van der Waals surface area contributed by atoms with Gasteiger partial charge in [-0.3, -0.25) is 4.90 Å². The van der Waals surface area contributed by atoms with Gasteiger partial charge in [0.15, 0.2) is 0 Å². The van der Waals surface area contributed by atoms with E-state index in [1.807, 2.05) is 0 Å². The summed E-state index contributed by atoms with van der Waals surface area (Å²) in [6, 6.07) is 1.36. The first kappa shape index (κ1) is 14.8. The lowest BCUT2D eigenvalue weighted by Crippen LogP contribution is -2.68. The first-order valence-electron chi connectivity index (χ1n) is 8.83. The van der Waals surface area contributed by atoms with Crippen molar-refractivity contribution in [2.24, 2.45) is 5.92 Å². The van der Waals surface area contributed by atoms with E-state index in [0.29, 0.717) is 17.6 Å². The average Bonchev–Trinajstić information content (AvgIpc) is 3.02. The lowest BCUT2D eigenvalue weighted by molar-refractivity contribution is -0.0324. The van der Waals surface area contributed by atoms with Crippen LogP contribution in [0.2, 0.25) is 0 Å². The number of hydrogen-bond acceptors (Lipinski definition) is 3. The molecular weight excluding hydrogens is 248 g/mol. The summed E-state index contributed by atoms with van der Waals surface area (Å²) >= 11 is 0. The van der Waals surface area contributed by atoms with Gasteiger partial charge in [-0.25, -0.2) is 0 Å². The van der Waals surface area contributed by atoms with E-state index >= 15 is 0 Å². The van der Waals surface area contributed by atoms with Crippen molar-refractivity contribution >= 4 is 0 Å². The summed E-state index contributed by atoms with van der Waals surface area (Å²) < 4.78 is 5.70. The largest absolute Gasteiger partial charge is 0.380 e. The molecule has 0 aromatic heterocycles. The molecule has 0 radical (unpaired) electrons. The van der Waals surface area contributed by atoms with Gasteiger partial charge in [0, 0.05) is 37.3 Å². The third-order valence-corrected chi connectivity index (χ3v) is 6.16. The third-order valence-electron chi connectivity index (χ3n) is 6.16. The Balaban J connectivity index is 1.76. The molecule has 3 nitrogen and oxygen atoms in total. The highest BCUT2D eigenvalue weighted by Gasteiger charge is 2.46. The van der Waals surface area contributed by atoms with Crippen LogP contribution < -0.4 is 5.32 Å². The SMILES string of the molecule is CCC(C)C1CN(C2CCOC2)C2(CCCCC2)CN1. The molecule has 0 aromatic carbocycles. The van der Waals surface area contributed by atoms with Crippen LogP contribution in [0.4, 0.5) is 0 Å². The highest BCUT2D eigenvalue weighted by atomic mass is 16.5. The van der Waals surface area contributed by atoms with Crippen LogP contribution in [-0.4, -0.2) is 48.8 Å². The van der Waals surface area contributed by atoms with E-state index in [2.05, 4.69) is 24.1 Å². The van der Waals surface area contributed by atoms with E-state index in [4.69, 9.17) is 4.74 Å². The molecule has 3 unspecified atom stereocenters. The Morgan fingerprint density at radius 3 is 2.75 bits per heavy atom. The Bertz CT molecular complexity index is 308. The fourth-order valence-electron chi connectivity index (χ4n) is 4.54. The van der Waals surface area contributed by atoms with E-state index in [9.17, 15) is 0 Å². The van der Waals surface area contributed by atoms with Gasteiger partial charge in [-0.2, -0.15) is 0 Å². The van der Waals surface area contributed by atoms with Crippen LogP contribution in [0.25, 0.3) is 0 Å². The maximum absolute atomic E-state index is 5.70. The Morgan fingerprint density at radius 2 is 2.10 bits per heavy atom. The van der Waals surface area contributed by atoms with E-state index < -0.39 is 0 Å². The predicted molar refractivity (Wildman–Crippen MR) is 83.0 cm³/mol. The second kappa shape index (κ2) is 6.33. The molecule has 2 heterocycles. The van der Waals surface area contributed by atoms with Crippen molar-refractivity contribution in [3.05, 3.63) is 0 Å². The van der Waals surface area contributed by atoms with Gasteiger partial charge in [-0.05, 0) is 25.2 Å². The lowest BCUT2D eigenvalue weighted by Gasteiger charge is -2.55. The number of nitrogens with one attached hydrogen (secondary N) is 1. The fourth-order valence-corrected chi connectivity index (χ4v) is 4.54. The van der Waals surface area contributed by atoms with Crippen molar-refractivity contribution in [1.29, 1.82) is 0 Å². The molecule has 3 rings (SSSR count). The van der Waals surface area contributed by atoms with E-state index in [1.165, 1.54) is 58.0 Å². The van der Waals surface area contributed by atoms with Gasteiger partial charge in [-0.1, -0.05) is 39.5 Å². The molecule has 1 saturated carbocycles.